The topological polar surface area (TPSA) is 218 Å². The van der Waals surface area contributed by atoms with Crippen molar-refractivity contribution in [1.29, 1.82) is 5.26 Å². The van der Waals surface area contributed by atoms with Gasteiger partial charge in [0, 0.05) is 75.4 Å². The third-order valence-electron chi connectivity index (χ3n) is 15.2. The molecule has 19 heteroatoms. The number of rotatable bonds is 9. The number of para-hydroxylation sites is 1. The highest BCUT2D eigenvalue weighted by Crippen LogP contribution is 2.48. The van der Waals surface area contributed by atoms with Crippen LogP contribution in [0.3, 0.4) is 0 Å². The van der Waals surface area contributed by atoms with E-state index in [9.17, 15) is 24.4 Å². The molecular weight excluding hydrogens is 871 g/mol. The van der Waals surface area contributed by atoms with Gasteiger partial charge in [-0.05, 0) is 114 Å². The number of hydrogen-bond acceptors (Lipinski definition) is 15. The Morgan fingerprint density at radius 1 is 1.00 bits per heavy atom. The largest absolute Gasteiger partial charge is 0.389 e. The Hall–Kier alpha value is -5.97. The van der Waals surface area contributed by atoms with Gasteiger partial charge in [0.1, 0.15) is 22.8 Å². The molecule has 1 aliphatic carbocycles. The van der Waals surface area contributed by atoms with E-state index in [-0.39, 0.29) is 30.0 Å². The van der Waals surface area contributed by atoms with Gasteiger partial charge in [-0.3, -0.25) is 33.7 Å². The molecule has 352 valence electrons. The van der Waals surface area contributed by atoms with Crippen molar-refractivity contribution < 1.29 is 18.9 Å². The number of piperidine rings is 3. The van der Waals surface area contributed by atoms with Gasteiger partial charge in [0.2, 0.25) is 35.4 Å². The number of carbonyl (C=O) groups is 3. The smallest absolute Gasteiger partial charge is 0.329 e. The second-order valence-electron chi connectivity index (χ2n) is 19.5. The maximum Gasteiger partial charge on any atom is 0.329 e. The first-order chi connectivity index (χ1) is 32.4. The fraction of sp³-hybridized carbons (Fsp3) is 0.562. The van der Waals surface area contributed by atoms with Crippen LogP contribution in [-0.4, -0.2) is 127 Å². The molecule has 3 amide bonds. The number of hydrogen-bond donors (Lipinski definition) is 2. The molecule has 67 heavy (non-hydrogen) atoms. The van der Waals surface area contributed by atoms with Crippen molar-refractivity contribution in [2.45, 2.75) is 101 Å². The Balaban J connectivity index is 0.705. The van der Waals surface area contributed by atoms with Crippen molar-refractivity contribution in [3.8, 4) is 17.6 Å². The predicted molar refractivity (Wildman–Crippen MR) is 252 cm³/mol. The van der Waals surface area contributed by atoms with Crippen LogP contribution < -0.4 is 21.6 Å². The van der Waals surface area contributed by atoms with Crippen molar-refractivity contribution in [2.75, 3.05) is 69.5 Å². The number of benzene rings is 1. The van der Waals surface area contributed by atoms with E-state index in [0.717, 1.165) is 124 Å². The number of thiophene rings is 1. The van der Waals surface area contributed by atoms with Gasteiger partial charge in [-0.15, -0.1) is 11.3 Å². The summed E-state index contributed by atoms with van der Waals surface area (Å²) in [7, 11) is 1.78. The quantitative estimate of drug-likeness (QED) is 0.197. The standard InChI is InChI=1S/C48H59N13O5S/c1-29-26-58(19-6-20-60(29)46-51-18-12-34(52-46)43-54-45(66-55-43)48(2)17-5-9-37-40(48)33(25-49)42(50)67-37)28-39(63)59-23-13-30(14-24-59)27-57-21-15-31(16-22-57)32-7-4-8-35-41(32)56(3)47(65)61(35)36-10-11-38(62)53-44(36)64/h4,7-8,12,18,29-31,36H,5-6,9-11,13-17,19-24,26-28,50H2,1-3H3,(H,53,62,64)/t29-,36?,48-/m0/s1. The Bertz CT molecular complexity index is 2810. The number of nitrogens with two attached hydrogens (primary N) is 1. The number of imide groups is 1. The molecule has 1 unspecified atom stereocenters. The molecule has 0 spiro atoms. The van der Waals surface area contributed by atoms with Crippen LogP contribution in [-0.2, 0) is 33.3 Å². The van der Waals surface area contributed by atoms with Crippen LogP contribution in [0.4, 0.5) is 10.9 Å². The van der Waals surface area contributed by atoms with Gasteiger partial charge in [-0.1, -0.05) is 17.3 Å². The molecule has 4 fully saturated rings. The second kappa shape index (κ2) is 18.3. The molecule has 10 rings (SSSR count). The number of aromatic nitrogens is 6. The van der Waals surface area contributed by atoms with Crippen LogP contribution in [0.1, 0.15) is 111 Å². The minimum Gasteiger partial charge on any atom is -0.389 e. The molecule has 18 nitrogen and oxygen atoms in total. The van der Waals surface area contributed by atoms with Crippen LogP contribution >= 0.6 is 11.3 Å². The van der Waals surface area contributed by atoms with E-state index in [1.807, 2.05) is 12.1 Å². The first kappa shape index (κ1) is 44.8. The number of nitrogens with one attached hydrogen (secondary N) is 1. The summed E-state index contributed by atoms with van der Waals surface area (Å²) in [5.41, 5.74) is 10.1. The SMILES string of the molecule is C[C@H]1CN(CC(=O)N2CCC(CN3CCC(c4cccc5c4n(C)c(=O)n5C4CCC(=O)NC4=O)CC3)CC2)CCCN1c1nccc(-c2noc([C@@]3(C)CCCc4sc(N)c(C#N)c43)n2)n1. The summed E-state index contributed by atoms with van der Waals surface area (Å²) in [4.78, 5) is 76.4. The molecular formula is C48H59N13O5S. The highest BCUT2D eigenvalue weighted by atomic mass is 32.1. The zero-order chi connectivity index (χ0) is 46.6. The Morgan fingerprint density at radius 2 is 1.81 bits per heavy atom. The van der Waals surface area contributed by atoms with Gasteiger partial charge in [0.05, 0.1) is 28.6 Å². The second-order valence-corrected chi connectivity index (χ2v) is 20.7. The van der Waals surface area contributed by atoms with Crippen molar-refractivity contribution in [2.24, 2.45) is 13.0 Å². The molecule has 0 saturated carbocycles. The van der Waals surface area contributed by atoms with E-state index < -0.39 is 17.4 Å². The number of likely N-dealkylation sites (tertiary alicyclic amines) is 2. The number of imidazole rings is 1. The van der Waals surface area contributed by atoms with Crippen LogP contribution in [0, 0.1) is 17.2 Å². The molecule has 5 aliphatic rings. The summed E-state index contributed by atoms with van der Waals surface area (Å²) in [6.07, 6.45) is 9.65. The third-order valence-corrected chi connectivity index (χ3v) is 16.3. The first-order valence-electron chi connectivity index (χ1n) is 23.9. The summed E-state index contributed by atoms with van der Waals surface area (Å²) < 4.78 is 9.14. The Morgan fingerprint density at radius 3 is 2.58 bits per heavy atom. The number of carbonyl (C=O) groups excluding carboxylic acids is 3. The fourth-order valence-electron chi connectivity index (χ4n) is 11.6. The Labute approximate surface area is 393 Å². The number of nitrogens with zero attached hydrogens (tertiary/aromatic N) is 11. The van der Waals surface area contributed by atoms with E-state index in [1.54, 1.807) is 28.4 Å². The van der Waals surface area contributed by atoms with Crippen LogP contribution in [0.2, 0.25) is 0 Å². The molecule has 4 saturated heterocycles. The van der Waals surface area contributed by atoms with Gasteiger partial charge in [-0.2, -0.15) is 10.2 Å². The lowest BCUT2D eigenvalue weighted by molar-refractivity contribution is -0.136. The number of anilines is 2. The van der Waals surface area contributed by atoms with Crippen molar-refractivity contribution in [1.82, 2.24) is 49.3 Å². The van der Waals surface area contributed by atoms with Gasteiger partial charge < -0.3 is 25.0 Å². The molecule has 4 aliphatic heterocycles. The van der Waals surface area contributed by atoms with E-state index in [4.69, 9.17) is 20.2 Å². The molecule has 0 radical (unpaired) electrons. The van der Waals surface area contributed by atoms with Crippen LogP contribution in [0.15, 0.2) is 39.8 Å². The average molecular weight is 930 g/mol. The third kappa shape index (κ3) is 8.41. The molecule has 1 aromatic carbocycles. The van der Waals surface area contributed by atoms with E-state index >= 15 is 0 Å². The summed E-state index contributed by atoms with van der Waals surface area (Å²) >= 11 is 1.48. The predicted octanol–water partition coefficient (Wildman–Crippen LogP) is 4.33. The zero-order valence-corrected chi connectivity index (χ0v) is 39.4. The maximum absolute atomic E-state index is 13.7. The number of fused-ring (bicyclic) bond motifs is 2. The molecule has 3 atom stereocenters. The first-order valence-corrected chi connectivity index (χ1v) is 24.7. The molecule has 0 bridgehead atoms. The Kier molecular flexibility index (Phi) is 12.2. The number of nitrogen functional groups attached to an aromatic ring is 1. The lowest BCUT2D eigenvalue weighted by Crippen LogP contribution is -2.47. The lowest BCUT2D eigenvalue weighted by Gasteiger charge is -2.38. The molecule has 5 aromatic rings. The highest BCUT2D eigenvalue weighted by molar-refractivity contribution is 7.16. The van der Waals surface area contributed by atoms with Gasteiger partial charge >= 0.3 is 5.69 Å². The minimum absolute atomic E-state index is 0.0630. The van der Waals surface area contributed by atoms with Gasteiger partial charge in [-0.25, -0.2) is 14.8 Å². The van der Waals surface area contributed by atoms with Crippen molar-refractivity contribution in [3.05, 3.63) is 68.4 Å². The summed E-state index contributed by atoms with van der Waals surface area (Å²) in [5.74, 6) is 1.72. The monoisotopic (exact) mass is 929 g/mol. The van der Waals surface area contributed by atoms with E-state index in [2.05, 4.69) is 61.0 Å². The molecule has 4 aromatic heterocycles. The molecule has 3 N–H and O–H groups in total. The molecule has 8 heterocycles. The van der Waals surface area contributed by atoms with Crippen molar-refractivity contribution >= 4 is 51.0 Å². The normalized spacial score (nSPS) is 23.9. The number of aryl methyl sites for hydroxylation is 2. The zero-order valence-electron chi connectivity index (χ0n) is 38.6. The van der Waals surface area contributed by atoms with Crippen LogP contribution in [0.5, 0.6) is 0 Å². The van der Waals surface area contributed by atoms with Crippen LogP contribution in [0.25, 0.3) is 22.6 Å². The maximum atomic E-state index is 13.7. The van der Waals surface area contributed by atoms with Crippen molar-refractivity contribution in [3.63, 3.8) is 0 Å². The summed E-state index contributed by atoms with van der Waals surface area (Å²) in [6.45, 7) is 11.4. The summed E-state index contributed by atoms with van der Waals surface area (Å²) in [5, 5.41) is 17.2. The fourth-order valence-corrected chi connectivity index (χ4v) is 12.8. The average Bonchev–Trinajstić information content (AvgIpc) is 3.99. The highest BCUT2D eigenvalue weighted by Gasteiger charge is 2.43. The van der Waals surface area contributed by atoms with Gasteiger partial charge in [0.15, 0.2) is 0 Å². The minimum atomic E-state index is -0.695. The summed E-state index contributed by atoms with van der Waals surface area (Å²) in [6, 6.07) is 9.48. The van der Waals surface area contributed by atoms with Gasteiger partial charge in [0.25, 0.3) is 0 Å². The number of nitriles is 1. The lowest BCUT2D eigenvalue weighted by atomic mass is 9.72. The number of amides is 3. The van der Waals surface area contributed by atoms with E-state index in [0.29, 0.717) is 65.3 Å². The van der Waals surface area contributed by atoms with E-state index in [1.165, 1.54) is 11.3 Å².